The smallest absolute Gasteiger partial charge is 0.311 e. The first-order valence-corrected chi connectivity index (χ1v) is 10.1. The van der Waals surface area contributed by atoms with Crippen molar-refractivity contribution in [2.75, 3.05) is 6.54 Å². The zero-order chi connectivity index (χ0) is 18.5. The maximum Gasteiger partial charge on any atom is 0.418 e. The summed E-state index contributed by atoms with van der Waals surface area (Å²) in [4.78, 5) is 31.6. The molecule has 4 rings (SSSR count). The number of carbonyl (C=O) groups excluding carboxylic acids is 2. The van der Waals surface area contributed by atoms with Crippen molar-refractivity contribution in [1.82, 2.24) is 20.8 Å². The predicted octanol–water partition coefficient (Wildman–Crippen LogP) is -0.680. The van der Waals surface area contributed by atoms with Crippen LogP contribution in [-0.4, -0.2) is 71.7 Å². The fraction of sp³-hybridized carbons (Fsp3) is 0.857. The first kappa shape index (κ1) is 17.9. The second-order valence-corrected chi connectivity index (χ2v) is 8.33. The summed E-state index contributed by atoms with van der Waals surface area (Å²) in [6, 6.07) is -1.18. The van der Waals surface area contributed by atoms with Gasteiger partial charge in [-0.3, -0.25) is 14.2 Å². The van der Waals surface area contributed by atoms with Crippen LogP contribution in [0.5, 0.6) is 0 Å². The van der Waals surface area contributed by atoms with Crippen molar-refractivity contribution >= 4 is 22.3 Å². The minimum absolute atomic E-state index is 0.0531. The summed E-state index contributed by atoms with van der Waals surface area (Å²) in [5.74, 6) is -0.434. The molecule has 0 aromatic carbocycles. The molecule has 4 aliphatic heterocycles. The topological polar surface area (TPSA) is 138 Å². The van der Waals surface area contributed by atoms with Crippen LogP contribution in [0.4, 0.5) is 4.79 Å². The van der Waals surface area contributed by atoms with E-state index in [2.05, 4.69) is 15.1 Å². The van der Waals surface area contributed by atoms with Crippen LogP contribution < -0.4 is 10.8 Å². The number of fused-ring (bicyclic) bond motifs is 4. The van der Waals surface area contributed by atoms with Gasteiger partial charge in [0.25, 0.3) is 5.91 Å². The second kappa shape index (κ2) is 6.60. The van der Waals surface area contributed by atoms with Crippen LogP contribution in [0.25, 0.3) is 0 Å². The lowest BCUT2D eigenvalue weighted by molar-refractivity contribution is -0.145. The van der Waals surface area contributed by atoms with Crippen LogP contribution in [0.3, 0.4) is 0 Å². The van der Waals surface area contributed by atoms with Crippen LogP contribution in [0.15, 0.2) is 0 Å². The lowest BCUT2D eigenvalue weighted by Crippen LogP contribution is -2.51. The highest BCUT2D eigenvalue weighted by Crippen LogP contribution is 2.31. The predicted molar refractivity (Wildman–Crippen MR) is 85.6 cm³/mol. The molecule has 12 heteroatoms. The molecule has 4 fully saturated rings. The number of hydrogen-bond acceptors (Lipinski definition) is 7. The van der Waals surface area contributed by atoms with Gasteiger partial charge in [-0.2, -0.15) is 13.5 Å². The van der Waals surface area contributed by atoms with Crippen LogP contribution in [0.2, 0.25) is 0 Å². The molecule has 0 aromatic heterocycles. The molecule has 4 saturated heterocycles. The molecule has 0 saturated carbocycles. The highest BCUT2D eigenvalue weighted by atomic mass is 32.3. The van der Waals surface area contributed by atoms with Crippen molar-refractivity contribution in [3.05, 3.63) is 0 Å². The third-order valence-electron chi connectivity index (χ3n) is 5.56. The molecule has 4 bridgehead atoms. The molecule has 3 amide bonds. The maximum atomic E-state index is 12.5. The molecule has 3 N–H and O–H groups in total. The Morgan fingerprint density at radius 1 is 1.19 bits per heavy atom. The molecular formula is C14H22N4O7S. The number of carbonyl (C=O) groups is 2. The Labute approximate surface area is 150 Å². The van der Waals surface area contributed by atoms with Crippen LogP contribution in [0.1, 0.15) is 38.5 Å². The van der Waals surface area contributed by atoms with Gasteiger partial charge in [0.2, 0.25) is 0 Å². The van der Waals surface area contributed by atoms with E-state index in [-0.39, 0.29) is 12.6 Å². The zero-order valence-electron chi connectivity index (χ0n) is 14.0. The SMILES string of the molecule is O=C(NOC1CC2CCC(C1)N2)[C@@H]1CC[C@@H]2CN1C(=O)N2OS(=O)(=O)O. The second-order valence-electron chi connectivity index (χ2n) is 7.33. The number of nitrogens with zero attached hydrogens (tertiary/aromatic N) is 2. The molecule has 4 heterocycles. The molecule has 146 valence electrons. The van der Waals surface area contributed by atoms with E-state index >= 15 is 0 Å². The normalized spacial score (nSPS) is 36.5. The van der Waals surface area contributed by atoms with E-state index in [1.807, 2.05) is 0 Å². The van der Waals surface area contributed by atoms with Gasteiger partial charge < -0.3 is 10.2 Å². The van der Waals surface area contributed by atoms with E-state index in [1.165, 1.54) is 4.90 Å². The largest absolute Gasteiger partial charge is 0.418 e. The summed E-state index contributed by atoms with van der Waals surface area (Å²) >= 11 is 0. The molecule has 4 aliphatic rings. The molecule has 2 unspecified atom stereocenters. The van der Waals surface area contributed by atoms with Crippen molar-refractivity contribution in [2.24, 2.45) is 0 Å². The minimum Gasteiger partial charge on any atom is -0.311 e. The van der Waals surface area contributed by atoms with Gasteiger partial charge in [-0.25, -0.2) is 10.3 Å². The Balaban J connectivity index is 1.33. The molecule has 0 radical (unpaired) electrons. The standard InChI is InChI=1S/C14H22N4O7S/c19-13(16-24-11-5-8-1-2-9(6-11)15-8)12-4-3-10-7-17(12)14(20)18(10)25-26(21,22)23/h8-12,15H,1-7H2,(H,16,19)(H,21,22,23)/t8?,9?,10-,11?,12+/m1/s1. The Kier molecular flexibility index (Phi) is 4.55. The van der Waals surface area contributed by atoms with Crippen LogP contribution in [0, 0.1) is 0 Å². The Bertz CT molecular complexity index is 689. The minimum atomic E-state index is -4.80. The number of hydrogen-bond donors (Lipinski definition) is 3. The third-order valence-corrected chi connectivity index (χ3v) is 5.90. The summed E-state index contributed by atoms with van der Waals surface area (Å²) in [5.41, 5.74) is 2.47. The van der Waals surface area contributed by atoms with Gasteiger partial charge >= 0.3 is 16.4 Å². The summed E-state index contributed by atoms with van der Waals surface area (Å²) in [7, 11) is -4.80. The molecule has 0 aromatic rings. The fourth-order valence-corrected chi connectivity index (χ4v) is 4.80. The zero-order valence-corrected chi connectivity index (χ0v) is 14.9. The molecule has 11 nitrogen and oxygen atoms in total. The van der Waals surface area contributed by atoms with Gasteiger partial charge in [-0.1, -0.05) is 0 Å². The quantitative estimate of drug-likeness (QED) is 0.415. The fourth-order valence-electron chi connectivity index (χ4n) is 4.41. The van der Waals surface area contributed by atoms with E-state index in [4.69, 9.17) is 9.39 Å². The molecule has 0 spiro atoms. The van der Waals surface area contributed by atoms with Gasteiger partial charge in [0.15, 0.2) is 0 Å². The first-order chi connectivity index (χ1) is 12.3. The summed E-state index contributed by atoms with van der Waals surface area (Å²) < 4.78 is 34.9. The third kappa shape index (κ3) is 3.51. The number of amides is 3. The number of piperidine rings is 2. The van der Waals surface area contributed by atoms with Crippen molar-refractivity contribution in [3.63, 3.8) is 0 Å². The number of hydroxylamine groups is 3. The van der Waals surface area contributed by atoms with Crippen LogP contribution >= 0.6 is 0 Å². The van der Waals surface area contributed by atoms with Gasteiger partial charge in [0.1, 0.15) is 6.04 Å². The summed E-state index contributed by atoms with van der Waals surface area (Å²) in [6.45, 7) is 0.157. The lowest BCUT2D eigenvalue weighted by Gasteiger charge is -2.31. The molecular weight excluding hydrogens is 368 g/mol. The van der Waals surface area contributed by atoms with E-state index < -0.39 is 34.4 Å². The molecule has 4 atom stereocenters. The summed E-state index contributed by atoms with van der Waals surface area (Å²) in [6.07, 6.45) is 4.59. The monoisotopic (exact) mass is 390 g/mol. The molecule has 26 heavy (non-hydrogen) atoms. The van der Waals surface area contributed by atoms with Crippen LogP contribution in [-0.2, 0) is 24.3 Å². The van der Waals surface area contributed by atoms with E-state index in [0.717, 1.165) is 25.7 Å². The van der Waals surface area contributed by atoms with Crippen molar-refractivity contribution in [1.29, 1.82) is 0 Å². The van der Waals surface area contributed by atoms with Gasteiger partial charge in [-0.15, -0.1) is 4.28 Å². The van der Waals surface area contributed by atoms with E-state index in [1.54, 1.807) is 0 Å². The van der Waals surface area contributed by atoms with Gasteiger partial charge in [-0.05, 0) is 38.5 Å². The maximum absolute atomic E-state index is 12.5. The Hall–Kier alpha value is -1.47. The highest BCUT2D eigenvalue weighted by molar-refractivity contribution is 7.80. The van der Waals surface area contributed by atoms with Gasteiger partial charge in [0.05, 0.1) is 12.1 Å². The van der Waals surface area contributed by atoms with Crippen molar-refractivity contribution in [3.8, 4) is 0 Å². The molecule has 0 aliphatic carbocycles. The number of nitrogens with one attached hydrogen (secondary N) is 2. The Morgan fingerprint density at radius 3 is 2.54 bits per heavy atom. The lowest BCUT2D eigenvalue weighted by atomic mass is 10.0. The van der Waals surface area contributed by atoms with E-state index in [0.29, 0.717) is 30.0 Å². The van der Waals surface area contributed by atoms with Gasteiger partial charge in [0, 0.05) is 18.6 Å². The highest BCUT2D eigenvalue weighted by Gasteiger charge is 2.49. The number of urea groups is 1. The average molecular weight is 390 g/mol. The first-order valence-electron chi connectivity index (χ1n) is 8.78. The van der Waals surface area contributed by atoms with Crippen molar-refractivity contribution in [2.45, 2.75) is 68.8 Å². The van der Waals surface area contributed by atoms with E-state index in [9.17, 15) is 18.0 Å². The summed E-state index contributed by atoms with van der Waals surface area (Å²) in [5, 5.41) is 4.11. The van der Waals surface area contributed by atoms with Crippen molar-refractivity contribution < 1.29 is 31.7 Å². The average Bonchev–Trinajstić information content (AvgIpc) is 3.03. The Morgan fingerprint density at radius 2 is 1.88 bits per heavy atom. The number of rotatable bonds is 5.